The summed E-state index contributed by atoms with van der Waals surface area (Å²) in [5.74, 6) is -2.48. The monoisotopic (exact) mass is 195 g/mol. The molecule has 0 amide bonds. The molecule has 0 aliphatic heterocycles. The van der Waals surface area contributed by atoms with Gasteiger partial charge in [-0.15, -0.1) is 0 Å². The number of carbonyl (C=O) groups is 2. The van der Waals surface area contributed by atoms with Gasteiger partial charge in [-0.3, -0.25) is 14.6 Å². The standard InChI is InChI=1S/C10H10FNO2/c1-6(13)9(7(2)14)10-8(11)4-3-5-12-10/h3-5,9H,1-2H3. The number of hydrogen-bond acceptors (Lipinski definition) is 3. The summed E-state index contributed by atoms with van der Waals surface area (Å²) in [6.45, 7) is 2.50. The molecule has 0 fully saturated rings. The van der Waals surface area contributed by atoms with E-state index in [2.05, 4.69) is 4.98 Å². The minimum Gasteiger partial charge on any atom is -0.299 e. The van der Waals surface area contributed by atoms with Crippen molar-refractivity contribution in [3.8, 4) is 0 Å². The molecule has 1 heterocycles. The van der Waals surface area contributed by atoms with E-state index in [9.17, 15) is 14.0 Å². The fourth-order valence-electron chi connectivity index (χ4n) is 1.28. The van der Waals surface area contributed by atoms with E-state index < -0.39 is 23.3 Å². The summed E-state index contributed by atoms with van der Waals surface area (Å²) in [4.78, 5) is 25.9. The first kappa shape index (κ1) is 10.5. The zero-order chi connectivity index (χ0) is 10.7. The third-order valence-corrected chi connectivity index (χ3v) is 1.87. The van der Waals surface area contributed by atoms with E-state index in [1.54, 1.807) is 0 Å². The lowest BCUT2D eigenvalue weighted by Crippen LogP contribution is -2.19. The van der Waals surface area contributed by atoms with Gasteiger partial charge in [0.05, 0.1) is 5.69 Å². The van der Waals surface area contributed by atoms with Gasteiger partial charge in [0.25, 0.3) is 0 Å². The minimum absolute atomic E-state index is 0.0903. The Bertz CT molecular complexity index is 362. The van der Waals surface area contributed by atoms with Crippen molar-refractivity contribution in [1.29, 1.82) is 0 Å². The highest BCUT2D eigenvalue weighted by atomic mass is 19.1. The van der Waals surface area contributed by atoms with Gasteiger partial charge in [0.15, 0.2) is 0 Å². The summed E-state index contributed by atoms with van der Waals surface area (Å²) in [7, 11) is 0. The van der Waals surface area contributed by atoms with Gasteiger partial charge >= 0.3 is 0 Å². The largest absolute Gasteiger partial charge is 0.299 e. The van der Waals surface area contributed by atoms with Crippen LogP contribution in [-0.2, 0) is 9.59 Å². The molecule has 0 bridgehead atoms. The number of hydrogen-bond donors (Lipinski definition) is 0. The van der Waals surface area contributed by atoms with Crippen LogP contribution in [0.15, 0.2) is 18.3 Å². The smallest absolute Gasteiger partial charge is 0.146 e. The molecule has 4 heteroatoms. The lowest BCUT2D eigenvalue weighted by atomic mass is 9.96. The number of pyridine rings is 1. The molecule has 0 aliphatic rings. The van der Waals surface area contributed by atoms with Gasteiger partial charge in [-0.25, -0.2) is 4.39 Å². The Morgan fingerprint density at radius 2 is 1.93 bits per heavy atom. The van der Waals surface area contributed by atoms with Crippen LogP contribution in [0.5, 0.6) is 0 Å². The van der Waals surface area contributed by atoms with Crippen molar-refractivity contribution in [2.75, 3.05) is 0 Å². The predicted molar refractivity (Wildman–Crippen MR) is 48.3 cm³/mol. The normalized spacial score (nSPS) is 10.3. The molecule has 3 nitrogen and oxygen atoms in total. The second-order valence-corrected chi connectivity index (χ2v) is 3.02. The molecule has 74 valence electrons. The first-order valence-corrected chi connectivity index (χ1v) is 4.15. The van der Waals surface area contributed by atoms with E-state index in [0.29, 0.717) is 0 Å². The number of rotatable bonds is 3. The van der Waals surface area contributed by atoms with Crippen LogP contribution in [0.3, 0.4) is 0 Å². The highest BCUT2D eigenvalue weighted by Crippen LogP contribution is 2.18. The van der Waals surface area contributed by atoms with Crippen molar-refractivity contribution < 1.29 is 14.0 Å². The third kappa shape index (κ3) is 2.02. The Kier molecular flexibility index (Phi) is 3.06. The molecule has 0 spiro atoms. The van der Waals surface area contributed by atoms with E-state index in [1.165, 1.54) is 32.2 Å². The summed E-state index contributed by atoms with van der Waals surface area (Å²) < 4.78 is 13.2. The first-order valence-electron chi connectivity index (χ1n) is 4.15. The highest BCUT2D eigenvalue weighted by molar-refractivity contribution is 6.05. The van der Waals surface area contributed by atoms with Gasteiger partial charge in [-0.05, 0) is 26.0 Å². The predicted octanol–water partition coefficient (Wildman–Crippen LogP) is 1.48. The molecule has 1 aromatic rings. The number of aromatic nitrogens is 1. The van der Waals surface area contributed by atoms with E-state index in [1.807, 2.05) is 0 Å². The fraction of sp³-hybridized carbons (Fsp3) is 0.300. The summed E-state index contributed by atoms with van der Waals surface area (Å²) >= 11 is 0. The van der Waals surface area contributed by atoms with Crippen molar-refractivity contribution in [3.63, 3.8) is 0 Å². The Labute approximate surface area is 81.0 Å². The molecule has 1 aromatic heterocycles. The summed E-state index contributed by atoms with van der Waals surface area (Å²) in [6, 6.07) is 2.59. The van der Waals surface area contributed by atoms with Gasteiger partial charge in [0.2, 0.25) is 0 Å². The van der Waals surface area contributed by atoms with Crippen molar-refractivity contribution >= 4 is 11.6 Å². The Balaban J connectivity index is 3.18. The summed E-state index contributed by atoms with van der Waals surface area (Å²) in [5, 5.41) is 0. The second-order valence-electron chi connectivity index (χ2n) is 3.02. The maximum Gasteiger partial charge on any atom is 0.146 e. The molecule has 1 rings (SSSR count). The van der Waals surface area contributed by atoms with Gasteiger partial charge in [0, 0.05) is 6.20 Å². The average Bonchev–Trinajstić information content (AvgIpc) is 2.07. The molecule has 0 atom stereocenters. The third-order valence-electron chi connectivity index (χ3n) is 1.87. The summed E-state index contributed by atoms with van der Waals surface area (Å²) in [6.07, 6.45) is 1.36. The van der Waals surface area contributed by atoms with Crippen LogP contribution in [0.1, 0.15) is 25.5 Å². The van der Waals surface area contributed by atoms with Gasteiger partial charge in [-0.1, -0.05) is 0 Å². The maximum absolute atomic E-state index is 13.2. The molecular formula is C10H10FNO2. The molecule has 0 saturated heterocycles. The Hall–Kier alpha value is -1.58. The van der Waals surface area contributed by atoms with Gasteiger partial charge < -0.3 is 0 Å². The maximum atomic E-state index is 13.2. The van der Waals surface area contributed by atoms with E-state index in [4.69, 9.17) is 0 Å². The van der Waals surface area contributed by atoms with Crippen LogP contribution in [0.25, 0.3) is 0 Å². The molecule has 0 aliphatic carbocycles. The van der Waals surface area contributed by atoms with Crippen LogP contribution >= 0.6 is 0 Å². The molecule has 0 N–H and O–H groups in total. The van der Waals surface area contributed by atoms with Gasteiger partial charge in [-0.2, -0.15) is 0 Å². The molecule has 14 heavy (non-hydrogen) atoms. The van der Waals surface area contributed by atoms with Crippen LogP contribution in [0, 0.1) is 5.82 Å². The number of ketones is 2. The van der Waals surface area contributed by atoms with Crippen LogP contribution < -0.4 is 0 Å². The minimum atomic E-state index is -1.07. The Morgan fingerprint density at radius 3 is 2.36 bits per heavy atom. The fourth-order valence-corrected chi connectivity index (χ4v) is 1.28. The van der Waals surface area contributed by atoms with E-state index in [0.717, 1.165) is 0 Å². The number of Topliss-reactive ketones (excluding diaryl/α,β-unsaturated/α-hetero) is 2. The van der Waals surface area contributed by atoms with Gasteiger partial charge in [0.1, 0.15) is 23.3 Å². The van der Waals surface area contributed by atoms with Crippen LogP contribution in [-0.4, -0.2) is 16.6 Å². The molecule has 0 aromatic carbocycles. The molecule has 0 unspecified atom stereocenters. The quantitative estimate of drug-likeness (QED) is 0.686. The Morgan fingerprint density at radius 1 is 1.36 bits per heavy atom. The zero-order valence-electron chi connectivity index (χ0n) is 7.95. The van der Waals surface area contributed by atoms with E-state index >= 15 is 0 Å². The highest BCUT2D eigenvalue weighted by Gasteiger charge is 2.25. The van der Waals surface area contributed by atoms with Crippen molar-refractivity contribution in [2.24, 2.45) is 0 Å². The molecule has 0 radical (unpaired) electrons. The topological polar surface area (TPSA) is 47.0 Å². The van der Waals surface area contributed by atoms with Crippen molar-refractivity contribution in [2.45, 2.75) is 19.8 Å². The SMILES string of the molecule is CC(=O)C(C(C)=O)c1ncccc1F. The first-order chi connectivity index (χ1) is 6.54. The number of nitrogens with zero attached hydrogens (tertiary/aromatic N) is 1. The lowest BCUT2D eigenvalue weighted by Gasteiger charge is -2.09. The van der Waals surface area contributed by atoms with Crippen LogP contribution in [0.4, 0.5) is 4.39 Å². The number of halogens is 1. The van der Waals surface area contributed by atoms with Crippen molar-refractivity contribution in [1.82, 2.24) is 4.98 Å². The summed E-state index contributed by atoms with van der Waals surface area (Å²) in [5.41, 5.74) is -0.0903. The van der Waals surface area contributed by atoms with Crippen LogP contribution in [0.2, 0.25) is 0 Å². The number of carbonyl (C=O) groups excluding carboxylic acids is 2. The average molecular weight is 195 g/mol. The van der Waals surface area contributed by atoms with Crippen molar-refractivity contribution in [3.05, 3.63) is 29.8 Å². The molecule has 0 saturated carbocycles. The second kappa shape index (κ2) is 4.09. The molecular weight excluding hydrogens is 185 g/mol. The zero-order valence-corrected chi connectivity index (χ0v) is 7.95. The lowest BCUT2D eigenvalue weighted by molar-refractivity contribution is -0.127. The van der Waals surface area contributed by atoms with E-state index in [-0.39, 0.29) is 5.69 Å².